The number of rotatable bonds is 4. The number of ether oxygens (including phenoxy) is 1. The van der Waals surface area contributed by atoms with Crippen molar-refractivity contribution in [3.8, 4) is 0 Å². The summed E-state index contributed by atoms with van der Waals surface area (Å²) in [6.07, 6.45) is 2.73. The summed E-state index contributed by atoms with van der Waals surface area (Å²) < 4.78 is 5.16. The molecule has 2 rings (SSSR count). The van der Waals surface area contributed by atoms with E-state index in [0.717, 1.165) is 26.1 Å². The minimum absolute atomic E-state index is 0. The summed E-state index contributed by atoms with van der Waals surface area (Å²) in [5, 5.41) is 20.4. The van der Waals surface area contributed by atoms with Crippen LogP contribution in [0.5, 0.6) is 0 Å². The van der Waals surface area contributed by atoms with Crippen molar-refractivity contribution < 1.29 is 45.6 Å². The third-order valence-corrected chi connectivity index (χ3v) is 4.29. The van der Waals surface area contributed by atoms with Crippen LogP contribution >= 0.6 is 0 Å². The molecule has 0 radical (unpaired) electrons. The second-order valence-corrected chi connectivity index (χ2v) is 5.48. The summed E-state index contributed by atoms with van der Waals surface area (Å²) in [6, 6.07) is 0. The van der Waals surface area contributed by atoms with E-state index in [-0.39, 0.29) is 39.3 Å². The second-order valence-electron chi connectivity index (χ2n) is 5.48. The Labute approximate surface area is 138 Å². The maximum atomic E-state index is 10.2. The quantitative estimate of drug-likeness (QED) is 0.503. The Morgan fingerprint density at radius 1 is 0.952 bits per heavy atom. The van der Waals surface area contributed by atoms with Crippen LogP contribution in [0.2, 0.25) is 0 Å². The zero-order valence-electron chi connectivity index (χ0n) is 11.7. The van der Waals surface area contributed by atoms with Gasteiger partial charge in [-0.1, -0.05) is 11.8 Å². The number of carbonyl (C=O) groups is 2. The van der Waals surface area contributed by atoms with Crippen LogP contribution < -0.4 is 10.2 Å². The van der Waals surface area contributed by atoms with E-state index in [0.29, 0.717) is 19.5 Å². The van der Waals surface area contributed by atoms with E-state index in [2.05, 4.69) is 0 Å². The Hall–Kier alpha value is -0.492. The summed E-state index contributed by atoms with van der Waals surface area (Å²) in [4.78, 5) is 20.4. The van der Waals surface area contributed by atoms with E-state index in [4.69, 9.17) is 16.2 Å². The number of nitrogens with one attached hydrogen (secondary N) is 2. The molecule has 2 N–H and O–H groups in total. The molecule has 8 heteroatoms. The van der Waals surface area contributed by atoms with Gasteiger partial charge in [0.1, 0.15) is 0 Å². The van der Waals surface area contributed by atoms with Crippen LogP contribution in [0.1, 0.15) is 32.1 Å². The van der Waals surface area contributed by atoms with E-state index >= 15 is 0 Å². The fraction of sp³-hybridized carbons (Fsp3) is 0.846. The van der Waals surface area contributed by atoms with Crippen LogP contribution in [0.4, 0.5) is 0 Å². The Kier molecular flexibility index (Phi) is 8.62. The van der Waals surface area contributed by atoms with Gasteiger partial charge in [0.2, 0.25) is 0 Å². The smallest absolute Gasteiger partial charge is 0.677 e. The van der Waals surface area contributed by atoms with Crippen molar-refractivity contribution in [2.24, 2.45) is 10.8 Å². The molecule has 2 aliphatic rings. The van der Waals surface area contributed by atoms with Gasteiger partial charge in [-0.15, -0.1) is 13.1 Å². The average Bonchev–Trinajstić information content (AvgIpc) is 2.38. The molecule has 0 aromatic heterocycles. The fourth-order valence-electron chi connectivity index (χ4n) is 2.24. The summed E-state index contributed by atoms with van der Waals surface area (Å²) in [6.45, 7) is 2.27. The first-order chi connectivity index (χ1) is 9.42. The van der Waals surface area contributed by atoms with E-state index in [9.17, 15) is 19.8 Å². The molecule has 0 unspecified atom stereocenters. The molecule has 122 valence electrons. The normalized spacial score (nSPS) is 21.8. The molecular weight excluding hydrogens is 459 g/mol. The average molecular weight is 479 g/mol. The third-order valence-electron chi connectivity index (χ3n) is 4.29. The van der Waals surface area contributed by atoms with Crippen molar-refractivity contribution in [2.45, 2.75) is 32.1 Å². The molecule has 0 aromatic rings. The maximum Gasteiger partial charge on any atom is 4.00 e. The summed E-state index contributed by atoms with van der Waals surface area (Å²) in [7, 11) is 0. The van der Waals surface area contributed by atoms with Crippen LogP contribution in [0.25, 0.3) is 11.5 Å². The maximum absolute atomic E-state index is 10.2. The number of hydrogen-bond donors (Lipinski definition) is 0. The van der Waals surface area contributed by atoms with Gasteiger partial charge in [0.15, 0.2) is 0 Å². The molecule has 0 bridgehead atoms. The van der Waals surface area contributed by atoms with Crippen LogP contribution in [0.15, 0.2) is 0 Å². The summed E-state index contributed by atoms with van der Waals surface area (Å²) >= 11 is 0. The number of carboxylic acids is 2. The van der Waals surface area contributed by atoms with E-state index < -0.39 is 17.4 Å². The molecule has 1 saturated heterocycles. The van der Waals surface area contributed by atoms with Crippen LogP contribution in [-0.2, 0) is 35.4 Å². The monoisotopic (exact) mass is 479 g/mol. The van der Waals surface area contributed by atoms with Gasteiger partial charge >= 0.3 is 21.1 Å². The van der Waals surface area contributed by atoms with Crippen molar-refractivity contribution in [2.75, 3.05) is 26.3 Å². The van der Waals surface area contributed by atoms with E-state index in [1.54, 1.807) is 0 Å². The van der Waals surface area contributed by atoms with Crippen LogP contribution in [0.3, 0.4) is 0 Å². The first kappa shape index (κ1) is 20.5. The predicted molar refractivity (Wildman–Crippen MR) is 67.2 cm³/mol. The van der Waals surface area contributed by atoms with Crippen molar-refractivity contribution in [3.63, 3.8) is 0 Å². The molecule has 0 spiro atoms. The van der Waals surface area contributed by atoms with Gasteiger partial charge in [-0.3, -0.25) is 0 Å². The standard InChI is InChI=1S/C7H14N2O.C6H8O4.Pt/c8-5-7(6-9)1-3-10-4-2-7;7-4(8)6(5(9)10)2-1-3-6;/h8-9H,1-6H2;1-3H2,(H,7,8)(H,9,10);/q-2;;+4/p-2. The molecule has 0 amide bonds. The molecule has 1 saturated carbocycles. The number of carboxylic acid groups (broad SMARTS) is 2. The minimum atomic E-state index is -1.67. The largest absolute Gasteiger partial charge is 4.00 e. The zero-order valence-corrected chi connectivity index (χ0v) is 14.0. The van der Waals surface area contributed by atoms with Gasteiger partial charge < -0.3 is 36.0 Å². The Morgan fingerprint density at radius 2 is 1.38 bits per heavy atom. The molecule has 1 aliphatic heterocycles. The summed E-state index contributed by atoms with van der Waals surface area (Å²) in [5.74, 6) is -3.03. The zero-order chi connectivity index (χ0) is 15.2. The van der Waals surface area contributed by atoms with Gasteiger partial charge in [0.05, 0.1) is 11.9 Å². The first-order valence-electron chi connectivity index (χ1n) is 6.72. The summed E-state index contributed by atoms with van der Waals surface area (Å²) in [5.41, 5.74) is 12.8. The fourth-order valence-corrected chi connectivity index (χ4v) is 2.24. The number of aliphatic carboxylic acids is 2. The Morgan fingerprint density at radius 3 is 1.52 bits per heavy atom. The van der Waals surface area contributed by atoms with Gasteiger partial charge in [-0.05, 0) is 25.7 Å². The molecule has 1 aliphatic carbocycles. The molecule has 0 aromatic carbocycles. The Bertz CT molecular complexity index is 332. The molecule has 2 fully saturated rings. The topological polar surface area (TPSA) is 137 Å². The SMILES string of the molecule is O=C([O-])C1(C(=O)[O-])CCC1.[NH-]CC1(C[NH-])CCOCC1.[Pt+4]. The number of carbonyl (C=O) groups excluding carboxylic acids is 2. The molecule has 7 nitrogen and oxygen atoms in total. The van der Waals surface area contributed by atoms with Crippen molar-refractivity contribution >= 4 is 11.9 Å². The van der Waals surface area contributed by atoms with Gasteiger partial charge in [0, 0.05) is 18.6 Å². The minimum Gasteiger partial charge on any atom is -0.677 e. The molecule has 21 heavy (non-hydrogen) atoms. The van der Waals surface area contributed by atoms with Crippen LogP contribution in [0, 0.1) is 10.8 Å². The van der Waals surface area contributed by atoms with Crippen molar-refractivity contribution in [1.29, 1.82) is 0 Å². The van der Waals surface area contributed by atoms with Gasteiger partial charge in [-0.25, -0.2) is 0 Å². The molecule has 0 atom stereocenters. The van der Waals surface area contributed by atoms with Crippen molar-refractivity contribution in [3.05, 3.63) is 11.5 Å². The number of hydrogen-bond acceptors (Lipinski definition) is 5. The third kappa shape index (κ3) is 4.74. The van der Waals surface area contributed by atoms with Gasteiger partial charge in [0.25, 0.3) is 0 Å². The van der Waals surface area contributed by atoms with Gasteiger partial charge in [-0.2, -0.15) is 0 Å². The Balaban J connectivity index is 0.000000364. The van der Waals surface area contributed by atoms with E-state index in [1.165, 1.54) is 0 Å². The van der Waals surface area contributed by atoms with Crippen molar-refractivity contribution in [1.82, 2.24) is 0 Å². The molecular formula is C13H20N2O5Pt. The van der Waals surface area contributed by atoms with Crippen LogP contribution in [-0.4, -0.2) is 38.2 Å². The molecule has 1 heterocycles. The first-order valence-corrected chi connectivity index (χ1v) is 6.72. The second kappa shape index (κ2) is 8.83. The van der Waals surface area contributed by atoms with E-state index in [1.807, 2.05) is 0 Å². The predicted octanol–water partition coefficient (Wildman–Crippen LogP) is -0.458.